The number of hydrogen-bond acceptors (Lipinski definition) is 4. The molecule has 9 atom stereocenters. The van der Waals surface area contributed by atoms with Gasteiger partial charge >= 0.3 is 5.97 Å². The van der Waals surface area contributed by atoms with E-state index in [4.69, 9.17) is 9.47 Å². The zero-order valence-corrected chi connectivity index (χ0v) is 14.0. The summed E-state index contributed by atoms with van der Waals surface area (Å²) in [7, 11) is 0. The number of esters is 1. The summed E-state index contributed by atoms with van der Waals surface area (Å²) in [5.41, 5.74) is 0.0871. The Kier molecular flexibility index (Phi) is 2.25. The van der Waals surface area contributed by atoms with E-state index in [0.717, 1.165) is 37.7 Å². The maximum Gasteiger partial charge on any atom is 0.314 e. The highest BCUT2D eigenvalue weighted by Gasteiger charge is 2.79. The SMILES string of the molecule is C=C1C2C=CC3(C4CC5C6(C)CCCC5(C(OC6=O)O4)C3C2)[C@H]1O. The molecule has 24 heavy (non-hydrogen) atoms. The van der Waals surface area contributed by atoms with Crippen LogP contribution in [0.15, 0.2) is 24.3 Å². The molecule has 128 valence electrons. The van der Waals surface area contributed by atoms with Crippen LogP contribution in [0.25, 0.3) is 0 Å². The fraction of sp³-hybridized carbons (Fsp3) is 0.750. The van der Waals surface area contributed by atoms with Crippen molar-refractivity contribution >= 4 is 5.97 Å². The van der Waals surface area contributed by atoms with Crippen molar-refractivity contribution in [1.29, 1.82) is 0 Å². The molecule has 5 aliphatic carbocycles. The van der Waals surface area contributed by atoms with E-state index in [0.29, 0.717) is 11.8 Å². The molecule has 3 aliphatic heterocycles. The number of allylic oxidation sites excluding steroid dienone is 1. The first-order chi connectivity index (χ1) is 11.4. The molecule has 0 amide bonds. The maximum atomic E-state index is 12.7. The van der Waals surface area contributed by atoms with Crippen LogP contribution in [0.2, 0.25) is 0 Å². The molecule has 2 spiro atoms. The fourth-order valence-corrected chi connectivity index (χ4v) is 7.74. The summed E-state index contributed by atoms with van der Waals surface area (Å²) >= 11 is 0. The van der Waals surface area contributed by atoms with Gasteiger partial charge in [-0.15, -0.1) is 0 Å². The van der Waals surface area contributed by atoms with Crippen LogP contribution in [0.4, 0.5) is 0 Å². The topological polar surface area (TPSA) is 55.8 Å². The Hall–Kier alpha value is -1.13. The minimum atomic E-state index is -0.529. The van der Waals surface area contributed by atoms with Gasteiger partial charge in [0.25, 0.3) is 0 Å². The number of hydrogen-bond donors (Lipinski definition) is 1. The average Bonchev–Trinajstić information content (AvgIpc) is 2.58. The first-order valence-electron chi connectivity index (χ1n) is 9.37. The lowest BCUT2D eigenvalue weighted by Crippen LogP contribution is -2.79. The first kappa shape index (κ1) is 14.1. The molecule has 1 N–H and O–H groups in total. The summed E-state index contributed by atoms with van der Waals surface area (Å²) < 4.78 is 12.2. The van der Waals surface area contributed by atoms with Gasteiger partial charge in [-0.25, -0.2) is 0 Å². The number of ether oxygens (including phenoxy) is 2. The van der Waals surface area contributed by atoms with Gasteiger partial charge in [0, 0.05) is 16.7 Å². The van der Waals surface area contributed by atoms with Gasteiger partial charge in [0.15, 0.2) is 0 Å². The molecule has 8 unspecified atom stereocenters. The summed E-state index contributed by atoms with van der Waals surface area (Å²) in [6, 6.07) is 0. The lowest BCUT2D eigenvalue weighted by molar-refractivity contribution is -0.403. The Morgan fingerprint density at radius 2 is 2.12 bits per heavy atom. The van der Waals surface area contributed by atoms with E-state index in [1.54, 1.807) is 0 Å². The summed E-state index contributed by atoms with van der Waals surface area (Å²) in [5.74, 6) is 0.845. The lowest BCUT2D eigenvalue weighted by atomic mass is 9.34. The second-order valence-electron chi connectivity index (χ2n) is 9.26. The molecule has 7 bridgehead atoms. The zero-order valence-electron chi connectivity index (χ0n) is 14.0. The summed E-state index contributed by atoms with van der Waals surface area (Å²) in [4.78, 5) is 12.7. The molecule has 3 heterocycles. The van der Waals surface area contributed by atoms with Crippen LogP contribution in [0.5, 0.6) is 0 Å². The highest BCUT2D eigenvalue weighted by molar-refractivity contribution is 5.79. The Balaban J connectivity index is 1.59. The van der Waals surface area contributed by atoms with Crippen LogP contribution in [-0.2, 0) is 14.3 Å². The molecule has 3 saturated heterocycles. The van der Waals surface area contributed by atoms with Gasteiger partial charge < -0.3 is 14.6 Å². The number of carbonyl (C=O) groups is 1. The number of aliphatic hydroxyl groups excluding tert-OH is 1. The molecule has 0 aromatic rings. The van der Waals surface area contributed by atoms with Crippen molar-refractivity contribution in [2.45, 2.75) is 57.5 Å². The molecule has 0 radical (unpaired) electrons. The monoisotopic (exact) mass is 328 g/mol. The van der Waals surface area contributed by atoms with Gasteiger partial charge in [0.1, 0.15) is 0 Å². The standard InChI is InChI=1S/C20H24O4/c1-10-11-4-7-20(15(10)21)13(8-11)19-6-3-5-18(2)12(19)9-14(20)23-17(19)24-16(18)22/h4,7,11-15,17,21H,1,3,5-6,8-9H2,2H3/t11?,12?,13?,14?,15-,17?,18?,19?,20?/m0/s1. The van der Waals surface area contributed by atoms with Crippen LogP contribution in [0.3, 0.4) is 0 Å². The quantitative estimate of drug-likeness (QED) is 0.548. The van der Waals surface area contributed by atoms with Crippen molar-refractivity contribution in [3.8, 4) is 0 Å². The Bertz CT molecular complexity index is 712. The molecule has 4 nitrogen and oxygen atoms in total. The zero-order chi connectivity index (χ0) is 16.5. The van der Waals surface area contributed by atoms with Crippen molar-refractivity contribution < 1.29 is 19.4 Å². The van der Waals surface area contributed by atoms with E-state index >= 15 is 0 Å². The molecule has 0 aromatic carbocycles. The van der Waals surface area contributed by atoms with Crippen molar-refractivity contribution in [3.05, 3.63) is 24.3 Å². The van der Waals surface area contributed by atoms with Crippen LogP contribution in [0.1, 0.15) is 39.0 Å². The van der Waals surface area contributed by atoms with E-state index in [-0.39, 0.29) is 34.2 Å². The second kappa shape index (κ2) is 3.83. The summed E-state index contributed by atoms with van der Waals surface area (Å²) in [5, 5.41) is 11.1. The predicted molar refractivity (Wildman–Crippen MR) is 85.6 cm³/mol. The van der Waals surface area contributed by atoms with Gasteiger partial charge in [-0.2, -0.15) is 0 Å². The summed E-state index contributed by atoms with van der Waals surface area (Å²) in [6.07, 6.45) is 8.35. The van der Waals surface area contributed by atoms with Crippen molar-refractivity contribution in [2.75, 3.05) is 0 Å². The minimum Gasteiger partial charge on any atom is -0.435 e. The van der Waals surface area contributed by atoms with Crippen LogP contribution in [0, 0.1) is 34.0 Å². The van der Waals surface area contributed by atoms with Crippen molar-refractivity contribution in [1.82, 2.24) is 0 Å². The van der Waals surface area contributed by atoms with Crippen molar-refractivity contribution in [2.24, 2.45) is 34.0 Å². The minimum absolute atomic E-state index is 0.0660. The predicted octanol–water partition coefficient (Wildman–Crippen LogP) is 2.57. The van der Waals surface area contributed by atoms with E-state index in [2.05, 4.69) is 25.7 Å². The molecule has 8 aliphatic rings. The number of rotatable bonds is 0. The summed E-state index contributed by atoms with van der Waals surface area (Å²) in [6.45, 7) is 6.29. The molecular formula is C20H24O4. The largest absolute Gasteiger partial charge is 0.435 e. The Morgan fingerprint density at radius 1 is 1.29 bits per heavy atom. The van der Waals surface area contributed by atoms with E-state index < -0.39 is 12.4 Å². The smallest absolute Gasteiger partial charge is 0.314 e. The molecule has 0 aromatic heterocycles. The molecule has 6 fully saturated rings. The number of carbonyl (C=O) groups excluding carboxylic acids is 1. The second-order valence-corrected chi connectivity index (χ2v) is 9.26. The van der Waals surface area contributed by atoms with Gasteiger partial charge in [0.2, 0.25) is 6.29 Å². The number of fused-ring (bicyclic) bond motifs is 1. The van der Waals surface area contributed by atoms with Crippen LogP contribution < -0.4 is 0 Å². The Morgan fingerprint density at radius 3 is 2.96 bits per heavy atom. The third-order valence-corrected chi connectivity index (χ3v) is 8.80. The van der Waals surface area contributed by atoms with E-state index in [1.807, 2.05) is 0 Å². The van der Waals surface area contributed by atoms with Gasteiger partial charge in [0.05, 0.1) is 17.6 Å². The Labute approximate surface area is 141 Å². The van der Waals surface area contributed by atoms with E-state index in [1.165, 1.54) is 0 Å². The van der Waals surface area contributed by atoms with Crippen molar-refractivity contribution in [3.63, 3.8) is 0 Å². The van der Waals surface area contributed by atoms with Crippen LogP contribution >= 0.6 is 0 Å². The van der Waals surface area contributed by atoms with Crippen LogP contribution in [-0.4, -0.2) is 29.6 Å². The lowest BCUT2D eigenvalue weighted by Gasteiger charge is -2.75. The third kappa shape index (κ3) is 1.14. The normalized spacial score (nSPS) is 62.4. The van der Waals surface area contributed by atoms with Gasteiger partial charge in [-0.05, 0) is 50.0 Å². The molecule has 8 rings (SSSR count). The average molecular weight is 328 g/mol. The maximum absolute atomic E-state index is 12.7. The number of aliphatic hydroxyl groups is 1. The highest BCUT2D eigenvalue weighted by atomic mass is 16.7. The first-order valence-corrected chi connectivity index (χ1v) is 9.37. The highest BCUT2D eigenvalue weighted by Crippen LogP contribution is 2.76. The molecule has 3 saturated carbocycles. The molecular weight excluding hydrogens is 304 g/mol. The molecule has 4 heteroatoms. The van der Waals surface area contributed by atoms with E-state index in [9.17, 15) is 9.90 Å². The van der Waals surface area contributed by atoms with Gasteiger partial charge in [-0.1, -0.05) is 25.2 Å². The van der Waals surface area contributed by atoms with Gasteiger partial charge in [-0.3, -0.25) is 4.79 Å². The third-order valence-electron chi connectivity index (χ3n) is 8.80. The fourth-order valence-electron chi connectivity index (χ4n) is 7.74.